The zero-order chi connectivity index (χ0) is 28.0. The van der Waals surface area contributed by atoms with Gasteiger partial charge < -0.3 is 4.74 Å². The number of rotatable bonds is 11. The second-order valence-corrected chi connectivity index (χ2v) is 12.5. The Morgan fingerprint density at radius 1 is 0.737 bits per heavy atom. The number of hydrogen-bond acceptors (Lipinski definition) is 5. The largest absolute Gasteiger partial charge is 0.497 e. The molecule has 6 nitrogen and oxygen atoms in total. The summed E-state index contributed by atoms with van der Waals surface area (Å²) in [4.78, 5) is 0. The van der Waals surface area contributed by atoms with Gasteiger partial charge in [0.15, 0.2) is 13.2 Å². The number of halogens is 6. The molecule has 0 aliphatic heterocycles. The molecule has 1 N–H and O–H groups in total. The zero-order valence-electron chi connectivity index (χ0n) is 19.8. The Labute approximate surface area is 214 Å². The summed E-state index contributed by atoms with van der Waals surface area (Å²) in [6.07, 6.45) is -10.1. The molecular formula is C24H23F6NO5P2. The summed E-state index contributed by atoms with van der Waals surface area (Å²) in [5.74, 6) is -1.89. The molecule has 0 radical (unpaired) electrons. The van der Waals surface area contributed by atoms with Crippen molar-refractivity contribution < 1.29 is 49.3 Å². The number of nitrogens with one attached hydrogen (secondary N) is 1. The van der Waals surface area contributed by atoms with E-state index in [4.69, 9.17) is 4.74 Å². The highest BCUT2D eigenvalue weighted by atomic mass is 31.2. The summed E-state index contributed by atoms with van der Waals surface area (Å²) in [5, 5.41) is 2.90. The van der Waals surface area contributed by atoms with E-state index in [1.165, 1.54) is 55.6 Å². The molecule has 0 saturated heterocycles. The van der Waals surface area contributed by atoms with Crippen molar-refractivity contribution in [3.8, 4) is 5.75 Å². The zero-order valence-corrected chi connectivity index (χ0v) is 21.6. The van der Waals surface area contributed by atoms with Crippen molar-refractivity contribution in [3.63, 3.8) is 0 Å². The first kappa shape index (κ1) is 29.9. The number of ether oxygens (including phenoxy) is 1. The van der Waals surface area contributed by atoms with Gasteiger partial charge in [0.25, 0.3) is 0 Å². The summed E-state index contributed by atoms with van der Waals surface area (Å²) in [6.45, 7) is -4.35. The smallest absolute Gasteiger partial charge is 0.412 e. The quantitative estimate of drug-likeness (QED) is 0.204. The molecule has 0 saturated carbocycles. The minimum absolute atomic E-state index is 0.135. The number of benzene rings is 3. The van der Waals surface area contributed by atoms with Gasteiger partial charge in [0.1, 0.15) is 11.5 Å². The van der Waals surface area contributed by atoms with Crippen LogP contribution >= 0.6 is 14.9 Å². The predicted octanol–water partition coefficient (Wildman–Crippen LogP) is 6.56. The lowest BCUT2D eigenvalue weighted by atomic mass is 10.2. The highest BCUT2D eigenvalue weighted by Gasteiger charge is 2.47. The molecular weight excluding hydrogens is 558 g/mol. The van der Waals surface area contributed by atoms with Crippen molar-refractivity contribution in [2.45, 2.75) is 18.1 Å². The number of hydrogen-bond donors (Lipinski definition) is 1. The first-order valence-electron chi connectivity index (χ1n) is 10.9. The molecule has 206 valence electrons. The second kappa shape index (κ2) is 12.1. The van der Waals surface area contributed by atoms with E-state index in [-0.39, 0.29) is 21.9 Å². The van der Waals surface area contributed by atoms with Gasteiger partial charge in [-0.15, -0.1) is 0 Å². The van der Waals surface area contributed by atoms with Crippen LogP contribution in [0.4, 0.5) is 26.3 Å². The van der Waals surface area contributed by atoms with Crippen molar-refractivity contribution in [1.29, 1.82) is 0 Å². The summed E-state index contributed by atoms with van der Waals surface area (Å²) in [5.41, 5.74) is -0.135. The van der Waals surface area contributed by atoms with Crippen LogP contribution in [0.3, 0.4) is 0 Å². The van der Waals surface area contributed by atoms with Crippen molar-refractivity contribution in [2.24, 2.45) is 0 Å². The van der Waals surface area contributed by atoms with E-state index in [2.05, 4.69) is 14.1 Å². The third-order valence-electron chi connectivity index (χ3n) is 5.09. The fourth-order valence-electron chi connectivity index (χ4n) is 3.40. The SMILES string of the molecule is COc1cccc([C@H](NP(=O)(c2ccccc2)c2ccccc2)P(=O)(OCC(F)(F)F)OCC(F)(F)F)c1. The van der Waals surface area contributed by atoms with E-state index in [0.717, 1.165) is 0 Å². The van der Waals surface area contributed by atoms with Crippen LogP contribution in [0.5, 0.6) is 5.75 Å². The minimum Gasteiger partial charge on any atom is -0.497 e. The molecule has 1 atom stereocenters. The molecule has 3 aromatic carbocycles. The predicted molar refractivity (Wildman–Crippen MR) is 130 cm³/mol. The van der Waals surface area contributed by atoms with Crippen LogP contribution in [-0.4, -0.2) is 32.7 Å². The molecule has 0 amide bonds. The van der Waals surface area contributed by atoms with Crippen molar-refractivity contribution >= 4 is 25.5 Å². The van der Waals surface area contributed by atoms with Crippen molar-refractivity contribution in [1.82, 2.24) is 5.09 Å². The van der Waals surface area contributed by atoms with E-state index in [0.29, 0.717) is 0 Å². The summed E-state index contributed by atoms with van der Waals surface area (Å²) < 4.78 is 121. The first-order chi connectivity index (χ1) is 17.8. The molecule has 38 heavy (non-hydrogen) atoms. The topological polar surface area (TPSA) is 73.9 Å². The molecule has 3 rings (SSSR count). The lowest BCUT2D eigenvalue weighted by molar-refractivity contribution is -0.165. The van der Waals surface area contributed by atoms with Crippen LogP contribution in [0.15, 0.2) is 84.9 Å². The maximum atomic E-state index is 14.6. The molecule has 0 aliphatic carbocycles. The Kier molecular flexibility index (Phi) is 9.49. The first-order valence-corrected chi connectivity index (χ1v) is 14.2. The van der Waals surface area contributed by atoms with Crippen LogP contribution in [-0.2, 0) is 18.2 Å². The number of methoxy groups -OCH3 is 1. The van der Waals surface area contributed by atoms with Gasteiger partial charge in [-0.25, -0.2) is 5.09 Å². The maximum absolute atomic E-state index is 14.6. The van der Waals surface area contributed by atoms with Crippen molar-refractivity contribution in [2.75, 3.05) is 20.3 Å². The normalized spacial score (nSPS) is 13.8. The fourth-order valence-corrected chi connectivity index (χ4v) is 8.28. The molecule has 14 heteroatoms. The van der Waals surface area contributed by atoms with Gasteiger partial charge in [0.05, 0.1) is 7.11 Å². The Balaban J connectivity index is 2.22. The highest BCUT2D eigenvalue weighted by molar-refractivity contribution is 7.77. The van der Waals surface area contributed by atoms with Gasteiger partial charge in [-0.3, -0.25) is 18.2 Å². The van der Waals surface area contributed by atoms with Gasteiger partial charge in [0.2, 0.25) is 7.29 Å². The van der Waals surface area contributed by atoms with Gasteiger partial charge in [0, 0.05) is 10.6 Å². The lowest BCUT2D eigenvalue weighted by Crippen LogP contribution is -2.32. The number of alkyl halides is 6. The molecule has 0 spiro atoms. The average molecular weight is 581 g/mol. The Morgan fingerprint density at radius 3 is 1.63 bits per heavy atom. The van der Waals surface area contributed by atoms with Gasteiger partial charge >= 0.3 is 19.9 Å². The third-order valence-corrected chi connectivity index (χ3v) is 10.00. The average Bonchev–Trinajstić information content (AvgIpc) is 2.89. The molecule has 0 heterocycles. The Bertz CT molecular complexity index is 1220. The van der Waals surface area contributed by atoms with E-state index in [9.17, 15) is 35.5 Å². The van der Waals surface area contributed by atoms with Crippen molar-refractivity contribution in [3.05, 3.63) is 90.5 Å². The van der Waals surface area contributed by atoms with Gasteiger partial charge in [-0.1, -0.05) is 48.5 Å². The fraction of sp³-hybridized carbons (Fsp3) is 0.250. The molecule has 0 fully saturated rings. The van der Waals surface area contributed by atoms with Crippen LogP contribution in [0.1, 0.15) is 11.3 Å². The van der Waals surface area contributed by atoms with E-state index >= 15 is 0 Å². The summed E-state index contributed by atoms with van der Waals surface area (Å²) in [6, 6.07) is 20.6. The monoisotopic (exact) mass is 581 g/mol. The summed E-state index contributed by atoms with van der Waals surface area (Å²) in [7, 11) is -8.19. The third kappa shape index (κ3) is 7.94. The molecule has 3 aromatic rings. The van der Waals surface area contributed by atoms with Crippen LogP contribution in [0.2, 0.25) is 0 Å². The molecule has 0 aromatic heterocycles. The highest BCUT2D eigenvalue weighted by Crippen LogP contribution is 2.64. The molecule has 0 aliphatic rings. The van der Waals surface area contributed by atoms with Crippen LogP contribution in [0.25, 0.3) is 0 Å². The van der Waals surface area contributed by atoms with Crippen LogP contribution < -0.4 is 20.4 Å². The lowest BCUT2D eigenvalue weighted by Gasteiger charge is -2.32. The Hall–Kier alpha value is -2.62. The minimum atomic E-state index is -5.39. The van der Waals surface area contributed by atoms with E-state index in [1.807, 2.05) is 0 Å². The van der Waals surface area contributed by atoms with Gasteiger partial charge in [-0.05, 0) is 42.0 Å². The van der Waals surface area contributed by atoms with Crippen LogP contribution in [0, 0.1) is 0 Å². The molecule has 0 bridgehead atoms. The van der Waals surface area contributed by atoms with E-state index in [1.54, 1.807) is 36.4 Å². The second-order valence-electron chi connectivity index (χ2n) is 7.91. The Morgan fingerprint density at radius 2 is 1.21 bits per heavy atom. The summed E-state index contributed by atoms with van der Waals surface area (Å²) >= 11 is 0. The van der Waals surface area contributed by atoms with Gasteiger partial charge in [-0.2, -0.15) is 26.3 Å². The van der Waals surface area contributed by atoms with E-state index < -0.39 is 46.2 Å². The maximum Gasteiger partial charge on any atom is 0.412 e. The standard InChI is InChI=1S/C24H23F6NO5P2/c1-34-19-10-8-9-18(15-19)22(38(33,35-16-23(25,26)27)36-17-24(28,29)30)31-37(32,20-11-4-2-5-12-20)21-13-6-3-7-14-21/h2-15,22H,16-17H2,1H3,(H,31,32)/t22-/m1/s1. The molecule has 0 unspecified atom stereocenters.